The van der Waals surface area contributed by atoms with Crippen molar-refractivity contribution in [3.63, 3.8) is 0 Å². The first-order chi connectivity index (χ1) is 6.91. The summed E-state index contributed by atoms with van der Waals surface area (Å²) in [6.45, 7) is 0. The Hall–Kier alpha value is 1.44. The van der Waals surface area contributed by atoms with E-state index in [0.717, 1.165) is 29.5 Å². The van der Waals surface area contributed by atoms with Gasteiger partial charge >= 0.3 is 50.7 Å². The van der Waals surface area contributed by atoms with Gasteiger partial charge in [-0.25, -0.2) is 24.3 Å². The van der Waals surface area contributed by atoms with Gasteiger partial charge in [0.15, 0.2) is 0 Å². The van der Waals surface area contributed by atoms with Gasteiger partial charge in [-0.05, 0) is 0 Å². The number of hydrogen-bond donors (Lipinski definition) is 0. The SMILES string of the molecule is Cl.Cl.Cl.[C-]1=CC=CC1.[C-]1=CC=CC1.[CH3][AlH][O][AlH2].[V+2]. The predicted molar refractivity (Wildman–Crippen MR) is 87.5 cm³/mol. The molecule has 1 nitrogen and oxygen atoms in total. The van der Waals surface area contributed by atoms with Crippen LogP contribution < -0.4 is 0 Å². The Morgan fingerprint density at radius 2 is 1.33 bits per heavy atom. The third-order valence-electron chi connectivity index (χ3n) is 1.46. The summed E-state index contributed by atoms with van der Waals surface area (Å²) >= 11 is 0.938. The Kier molecular flexibility index (Phi) is 54.7. The maximum Gasteiger partial charge on any atom is 2.00 e. The first kappa shape index (κ1) is 31.7. The van der Waals surface area contributed by atoms with Gasteiger partial charge in [0.05, 0.1) is 0 Å². The molecule has 2 aliphatic carbocycles. The van der Waals surface area contributed by atoms with Gasteiger partial charge in [-0.3, -0.25) is 12.2 Å². The van der Waals surface area contributed by atoms with Crippen LogP contribution in [-0.4, -0.2) is 32.2 Å². The molecule has 0 aromatic heterocycles. The molecule has 0 aliphatic heterocycles. The fourth-order valence-corrected chi connectivity index (χ4v) is 0.680. The summed E-state index contributed by atoms with van der Waals surface area (Å²) in [6.07, 6.45) is 20.0. The molecule has 0 N–H and O–H groups in total. The molecule has 2 rings (SSSR count). The molecule has 0 amide bonds. The van der Waals surface area contributed by atoms with Crippen LogP contribution in [-0.2, 0) is 21.4 Å². The van der Waals surface area contributed by atoms with Crippen LogP contribution in [0.4, 0.5) is 0 Å². The van der Waals surface area contributed by atoms with E-state index in [1.165, 1.54) is 0 Å². The van der Waals surface area contributed by atoms with Crippen LogP contribution in [0, 0.1) is 12.2 Å². The minimum atomic E-state index is -0.0139. The number of allylic oxidation sites excluding steroid dienone is 8. The van der Waals surface area contributed by atoms with Crippen molar-refractivity contribution in [2.45, 2.75) is 18.6 Å². The molecule has 0 heterocycles. The minimum Gasteiger partial charge on any atom is -0.645 e. The third-order valence-corrected chi connectivity index (χ3v) is 3.77. The molecule has 0 aromatic carbocycles. The van der Waals surface area contributed by atoms with Crippen LogP contribution >= 0.6 is 37.2 Å². The molecule has 0 fully saturated rings. The maximum absolute atomic E-state index is 4.82. The molecule has 0 unspecified atom stereocenters. The minimum absolute atomic E-state index is 0. The second kappa shape index (κ2) is 31.0. The summed E-state index contributed by atoms with van der Waals surface area (Å²) in [6, 6.07) is 0. The molecular weight excluding hydrogens is 359 g/mol. The Morgan fingerprint density at radius 1 is 1.00 bits per heavy atom. The molecule has 1 radical (unpaired) electrons. The average Bonchev–Trinajstić information content (AvgIpc) is 2.94. The van der Waals surface area contributed by atoms with E-state index in [-0.39, 0.29) is 71.3 Å². The zero-order valence-corrected chi connectivity index (χ0v) is 17.9. The van der Waals surface area contributed by atoms with E-state index < -0.39 is 0 Å². The topological polar surface area (TPSA) is 9.23 Å². The normalized spacial score (nSPS) is 11.2. The summed E-state index contributed by atoms with van der Waals surface area (Å²) in [7, 11) is 0. The van der Waals surface area contributed by atoms with E-state index in [0.29, 0.717) is 0 Å². The van der Waals surface area contributed by atoms with E-state index >= 15 is 0 Å². The van der Waals surface area contributed by atoms with Gasteiger partial charge < -0.3 is 2.84 Å². The van der Waals surface area contributed by atoms with Crippen molar-refractivity contribution < 1.29 is 21.4 Å². The van der Waals surface area contributed by atoms with Crippen LogP contribution in [0.3, 0.4) is 0 Å². The summed E-state index contributed by atoms with van der Waals surface area (Å²) in [5, 5.41) is 0. The third kappa shape index (κ3) is 30.5. The number of rotatable bonds is 1. The first-order valence-corrected chi connectivity index (χ1v) is 7.65. The zero-order chi connectivity index (χ0) is 10.5. The monoisotopic (exact) mass is 377 g/mol. The van der Waals surface area contributed by atoms with Crippen LogP contribution in [0.25, 0.3) is 0 Å². The molecule has 2 aliphatic rings. The van der Waals surface area contributed by atoms with Crippen molar-refractivity contribution in [1.29, 1.82) is 0 Å². The quantitative estimate of drug-likeness (QED) is 0.504. The van der Waals surface area contributed by atoms with Crippen LogP contribution in [0.2, 0.25) is 5.79 Å². The van der Waals surface area contributed by atoms with E-state index in [1.807, 2.05) is 24.3 Å². The number of hydrogen-bond acceptors (Lipinski definition) is 1. The molecule has 0 saturated heterocycles. The first-order valence-electron chi connectivity index (χ1n) is 4.84. The fourth-order valence-electron chi connectivity index (χ4n) is 0.680. The molecule has 0 saturated carbocycles. The van der Waals surface area contributed by atoms with Gasteiger partial charge in [0.1, 0.15) is 0 Å². The summed E-state index contributed by atoms with van der Waals surface area (Å²) in [5.74, 6) is 2.13. The second-order valence-corrected chi connectivity index (χ2v) is 5.47. The van der Waals surface area contributed by atoms with Gasteiger partial charge in [0.25, 0.3) is 0 Å². The van der Waals surface area contributed by atoms with E-state index in [2.05, 4.69) is 30.1 Å². The van der Waals surface area contributed by atoms with Crippen molar-refractivity contribution >= 4 is 69.4 Å². The smallest absolute Gasteiger partial charge is 0.645 e. The molecule has 0 spiro atoms. The Bertz CT molecular complexity index is 190. The predicted octanol–water partition coefficient (Wildman–Crippen LogP) is 2.82. The van der Waals surface area contributed by atoms with Crippen LogP contribution in [0.15, 0.2) is 36.5 Å². The van der Waals surface area contributed by atoms with Crippen LogP contribution in [0.5, 0.6) is 0 Å². The van der Waals surface area contributed by atoms with Gasteiger partial charge in [-0.2, -0.15) is 12.2 Å². The Balaban J connectivity index is -0.0000000426. The van der Waals surface area contributed by atoms with Crippen molar-refractivity contribution in [3.8, 4) is 0 Å². The van der Waals surface area contributed by atoms with Gasteiger partial charge in [-0.1, -0.05) is 5.79 Å². The summed E-state index contributed by atoms with van der Waals surface area (Å²) < 4.78 is 4.82. The van der Waals surface area contributed by atoms with E-state index in [9.17, 15) is 0 Å². The molecular formula is C11H19Al2Cl3OV. The van der Waals surface area contributed by atoms with Crippen molar-refractivity contribution in [2.75, 3.05) is 0 Å². The Morgan fingerprint density at radius 3 is 1.39 bits per heavy atom. The molecule has 18 heavy (non-hydrogen) atoms. The molecule has 7 heteroatoms. The fraction of sp³-hybridized carbons (Fsp3) is 0.273. The second-order valence-electron chi connectivity index (χ2n) is 2.58. The molecule has 0 atom stereocenters. The van der Waals surface area contributed by atoms with Gasteiger partial charge in [-0.15, -0.1) is 50.1 Å². The van der Waals surface area contributed by atoms with Gasteiger partial charge in [0.2, 0.25) is 0 Å². The van der Waals surface area contributed by atoms with Gasteiger partial charge in [0, 0.05) is 0 Å². The van der Waals surface area contributed by atoms with Crippen molar-refractivity contribution in [2.24, 2.45) is 0 Å². The zero-order valence-electron chi connectivity index (χ0n) is 10.7. The molecule has 0 aromatic rings. The summed E-state index contributed by atoms with van der Waals surface area (Å²) in [5.41, 5.74) is 0. The molecule has 101 valence electrons. The summed E-state index contributed by atoms with van der Waals surface area (Å²) in [4.78, 5) is 0. The Labute approximate surface area is 157 Å². The average molecular weight is 379 g/mol. The van der Waals surface area contributed by atoms with E-state index in [4.69, 9.17) is 2.84 Å². The maximum atomic E-state index is 4.82. The van der Waals surface area contributed by atoms with Crippen molar-refractivity contribution in [1.82, 2.24) is 0 Å². The largest absolute Gasteiger partial charge is 2.00 e. The standard InChI is InChI=1S/2C5H5.CH3.2Al.3ClH.O.V.3H/c2*1-2-4-5-3-1;;;;;;;;;;;/h2*1-3H,4H2;1H3;;;3*1H;;;;;/q2*-1;;;;;;;;+2;;;. The van der Waals surface area contributed by atoms with Crippen LogP contribution in [0.1, 0.15) is 12.8 Å². The van der Waals surface area contributed by atoms with E-state index in [1.54, 1.807) is 0 Å². The van der Waals surface area contributed by atoms with Crippen molar-refractivity contribution in [3.05, 3.63) is 48.6 Å². The number of halogens is 3. The molecule has 0 bridgehead atoms.